The van der Waals surface area contributed by atoms with Gasteiger partial charge in [0.2, 0.25) is 0 Å². The first kappa shape index (κ1) is 20.0. The van der Waals surface area contributed by atoms with Gasteiger partial charge in [-0.05, 0) is 37.5 Å². The van der Waals surface area contributed by atoms with E-state index in [1.165, 1.54) is 4.31 Å². The molecule has 0 aliphatic carbocycles. The van der Waals surface area contributed by atoms with Gasteiger partial charge in [-0.2, -0.15) is 22.1 Å². The van der Waals surface area contributed by atoms with Crippen molar-refractivity contribution in [3.63, 3.8) is 0 Å². The highest BCUT2D eigenvalue weighted by molar-refractivity contribution is 7.86. The third-order valence-corrected chi connectivity index (χ3v) is 7.33. The van der Waals surface area contributed by atoms with E-state index in [2.05, 4.69) is 11.2 Å². The summed E-state index contributed by atoms with van der Waals surface area (Å²) in [7, 11) is -1.51. The maximum atomic E-state index is 12.9. The number of hydrogen-bond donors (Lipinski definition) is 0. The summed E-state index contributed by atoms with van der Waals surface area (Å²) in [6, 6.07) is 4.13. The average molecular weight is 392 g/mol. The van der Waals surface area contributed by atoms with E-state index in [1.807, 2.05) is 46.3 Å². The molecule has 27 heavy (non-hydrogen) atoms. The normalized spacial score (nSPS) is 18.9. The Labute approximate surface area is 162 Å². The Morgan fingerprint density at radius 3 is 2.59 bits per heavy atom. The van der Waals surface area contributed by atoms with Crippen LogP contribution in [0.4, 0.5) is 0 Å². The van der Waals surface area contributed by atoms with E-state index in [0.29, 0.717) is 26.2 Å². The molecule has 0 unspecified atom stereocenters. The predicted octanol–water partition coefficient (Wildman–Crippen LogP) is 2.56. The molecular weight excluding hydrogens is 362 g/mol. The average Bonchev–Trinajstić information content (AvgIpc) is 3.08. The minimum atomic E-state index is -3.41. The minimum Gasteiger partial charge on any atom is -0.275 e. The van der Waals surface area contributed by atoms with Crippen molar-refractivity contribution >= 4 is 10.2 Å². The summed E-state index contributed by atoms with van der Waals surface area (Å²) in [5, 5.41) is 4.25. The molecule has 3 rings (SSSR count). The van der Waals surface area contributed by atoms with Gasteiger partial charge in [0.1, 0.15) is 0 Å². The van der Waals surface area contributed by atoms with Crippen molar-refractivity contribution in [3.05, 3.63) is 35.9 Å². The fourth-order valence-electron chi connectivity index (χ4n) is 3.75. The number of piperidine rings is 1. The van der Waals surface area contributed by atoms with Gasteiger partial charge >= 0.3 is 0 Å². The number of aryl methyl sites for hydroxylation is 2. The smallest absolute Gasteiger partial charge is 0.275 e. The van der Waals surface area contributed by atoms with Gasteiger partial charge in [-0.3, -0.25) is 9.67 Å². The van der Waals surface area contributed by atoms with Crippen LogP contribution in [0.1, 0.15) is 44.0 Å². The van der Waals surface area contributed by atoms with E-state index < -0.39 is 10.2 Å². The summed E-state index contributed by atoms with van der Waals surface area (Å²) in [4.78, 5) is 4.73. The summed E-state index contributed by atoms with van der Waals surface area (Å²) in [6.45, 7) is 7.80. The predicted molar refractivity (Wildman–Crippen MR) is 107 cm³/mol. The lowest BCUT2D eigenvalue weighted by molar-refractivity contribution is 0.285. The highest BCUT2D eigenvalue weighted by Gasteiger charge is 2.33. The molecule has 0 amide bonds. The minimum absolute atomic E-state index is 0.111. The molecule has 0 N–H and O–H groups in total. The standard InChI is InChI=1S/C19H29N5O2S/c1-5-23(6-2)27(25,26)24-9-7-8-16(14-24)19-11-17(10-15(3)21-19)18-12-20-22(4)13-18/h10-13,16H,5-9,14H2,1-4H3/t16-/m1/s1. The molecule has 0 bridgehead atoms. The van der Waals surface area contributed by atoms with Crippen molar-refractivity contribution in [3.8, 4) is 11.1 Å². The molecule has 0 aromatic carbocycles. The van der Waals surface area contributed by atoms with Crippen molar-refractivity contribution < 1.29 is 8.42 Å². The maximum absolute atomic E-state index is 12.9. The molecule has 3 heterocycles. The van der Waals surface area contributed by atoms with Gasteiger partial charge in [-0.15, -0.1) is 0 Å². The third-order valence-electron chi connectivity index (χ3n) is 5.17. The van der Waals surface area contributed by atoms with Crippen LogP contribution in [-0.4, -0.2) is 58.0 Å². The zero-order chi connectivity index (χ0) is 19.6. The molecule has 1 atom stereocenters. The van der Waals surface area contributed by atoms with Crippen LogP contribution in [0.2, 0.25) is 0 Å². The van der Waals surface area contributed by atoms with Crippen molar-refractivity contribution in [1.82, 2.24) is 23.4 Å². The van der Waals surface area contributed by atoms with Gasteiger partial charge in [0.05, 0.1) is 6.20 Å². The molecule has 7 nitrogen and oxygen atoms in total. The van der Waals surface area contributed by atoms with Gasteiger partial charge in [0.15, 0.2) is 0 Å². The van der Waals surface area contributed by atoms with Gasteiger partial charge in [0.25, 0.3) is 10.2 Å². The van der Waals surface area contributed by atoms with E-state index in [0.717, 1.165) is 35.4 Å². The van der Waals surface area contributed by atoms with Crippen LogP contribution < -0.4 is 0 Å². The number of hydrogen-bond acceptors (Lipinski definition) is 4. The van der Waals surface area contributed by atoms with E-state index in [1.54, 1.807) is 8.99 Å². The Balaban J connectivity index is 1.87. The Morgan fingerprint density at radius 1 is 1.22 bits per heavy atom. The molecule has 0 radical (unpaired) electrons. The number of pyridine rings is 1. The second-order valence-corrected chi connectivity index (χ2v) is 9.04. The summed E-state index contributed by atoms with van der Waals surface area (Å²) in [6.07, 6.45) is 5.63. The van der Waals surface area contributed by atoms with Gasteiger partial charge < -0.3 is 0 Å². The van der Waals surface area contributed by atoms with Crippen LogP contribution in [0, 0.1) is 6.92 Å². The van der Waals surface area contributed by atoms with Crippen molar-refractivity contribution in [2.24, 2.45) is 7.05 Å². The Kier molecular flexibility index (Phi) is 5.98. The largest absolute Gasteiger partial charge is 0.281 e. The van der Waals surface area contributed by atoms with Crippen LogP contribution >= 0.6 is 0 Å². The molecule has 148 valence electrons. The van der Waals surface area contributed by atoms with E-state index in [9.17, 15) is 8.42 Å². The molecule has 2 aromatic heterocycles. The molecule has 2 aromatic rings. The lowest BCUT2D eigenvalue weighted by Crippen LogP contribution is -2.47. The van der Waals surface area contributed by atoms with Gasteiger partial charge in [-0.25, -0.2) is 0 Å². The maximum Gasteiger partial charge on any atom is 0.281 e. The first-order chi connectivity index (χ1) is 12.8. The van der Waals surface area contributed by atoms with Crippen molar-refractivity contribution in [1.29, 1.82) is 0 Å². The SMILES string of the molecule is CCN(CC)S(=O)(=O)N1CCC[C@@H](c2cc(-c3cnn(C)c3)cc(C)n2)C1. The number of nitrogens with zero attached hydrogens (tertiary/aromatic N) is 5. The Bertz CT molecular complexity index is 889. The Morgan fingerprint density at radius 2 is 1.96 bits per heavy atom. The highest BCUT2D eigenvalue weighted by atomic mass is 32.2. The highest BCUT2D eigenvalue weighted by Crippen LogP contribution is 2.31. The van der Waals surface area contributed by atoms with Crippen LogP contribution in [-0.2, 0) is 17.3 Å². The van der Waals surface area contributed by atoms with Crippen molar-refractivity contribution in [2.75, 3.05) is 26.2 Å². The van der Waals surface area contributed by atoms with E-state index >= 15 is 0 Å². The second-order valence-electron chi connectivity index (χ2n) is 7.11. The van der Waals surface area contributed by atoms with Gasteiger partial charge in [0, 0.05) is 62.3 Å². The first-order valence-corrected chi connectivity index (χ1v) is 11.0. The van der Waals surface area contributed by atoms with E-state index in [4.69, 9.17) is 4.98 Å². The molecular formula is C19H29N5O2S. The molecule has 1 fully saturated rings. The fraction of sp³-hybridized carbons (Fsp3) is 0.579. The zero-order valence-electron chi connectivity index (χ0n) is 16.6. The monoisotopic (exact) mass is 391 g/mol. The summed E-state index contributed by atoms with van der Waals surface area (Å²) in [5.41, 5.74) is 4.03. The van der Waals surface area contributed by atoms with Crippen LogP contribution in [0.3, 0.4) is 0 Å². The number of rotatable bonds is 6. The topological polar surface area (TPSA) is 71.3 Å². The molecule has 0 spiro atoms. The zero-order valence-corrected chi connectivity index (χ0v) is 17.4. The van der Waals surface area contributed by atoms with Crippen LogP contribution in [0.5, 0.6) is 0 Å². The quantitative estimate of drug-likeness (QED) is 0.759. The summed E-state index contributed by atoms with van der Waals surface area (Å²) >= 11 is 0. The summed E-state index contributed by atoms with van der Waals surface area (Å²) < 4.78 is 30.7. The first-order valence-electron chi connectivity index (χ1n) is 9.58. The third kappa shape index (κ3) is 4.23. The molecule has 8 heteroatoms. The van der Waals surface area contributed by atoms with Gasteiger partial charge in [-0.1, -0.05) is 13.8 Å². The molecule has 1 saturated heterocycles. The van der Waals surface area contributed by atoms with Crippen LogP contribution in [0.25, 0.3) is 11.1 Å². The molecule has 0 saturated carbocycles. The fourth-order valence-corrected chi connectivity index (χ4v) is 5.45. The number of aromatic nitrogens is 3. The Hall–Kier alpha value is -1.77. The lowest BCUT2D eigenvalue weighted by atomic mass is 9.93. The molecule has 1 aliphatic heterocycles. The molecule has 1 aliphatic rings. The lowest BCUT2D eigenvalue weighted by Gasteiger charge is -2.35. The van der Waals surface area contributed by atoms with E-state index in [-0.39, 0.29) is 5.92 Å². The second kappa shape index (κ2) is 8.08. The van der Waals surface area contributed by atoms with Crippen molar-refractivity contribution in [2.45, 2.75) is 39.5 Å². The van der Waals surface area contributed by atoms with Crippen LogP contribution in [0.15, 0.2) is 24.5 Å². The summed E-state index contributed by atoms with van der Waals surface area (Å²) in [5.74, 6) is 0.111.